The predicted octanol–water partition coefficient (Wildman–Crippen LogP) is 5.20. The quantitative estimate of drug-likeness (QED) is 0.115. The lowest BCUT2D eigenvalue weighted by atomic mass is 10.0. The zero-order valence-corrected chi connectivity index (χ0v) is 30.3. The molecule has 0 spiro atoms. The van der Waals surface area contributed by atoms with Crippen molar-refractivity contribution in [3.63, 3.8) is 0 Å². The third-order valence-corrected chi connectivity index (χ3v) is 9.65. The van der Waals surface area contributed by atoms with Gasteiger partial charge < -0.3 is 19.0 Å². The lowest BCUT2D eigenvalue weighted by Crippen LogP contribution is -2.70. The van der Waals surface area contributed by atoms with Crippen molar-refractivity contribution in [1.29, 1.82) is 0 Å². The largest absolute Gasteiger partial charge is 0.448 e. The SMILES string of the molecule is CCC=C(C(=O)N[C@@H]1C(=O)N2C(C(=O)OC(c3ccccc3)c3ccccc3)=C(OS(C)(=O)=O)CS[C@@H]12)c1csc(NC(=O)OC(C)(C)C)n1. The number of allylic oxidation sites excluding steroid dienone is 1. The molecule has 50 heavy (non-hydrogen) atoms. The molecule has 2 atom stereocenters. The van der Waals surface area contributed by atoms with Gasteiger partial charge in [-0.05, 0) is 38.3 Å². The summed E-state index contributed by atoms with van der Waals surface area (Å²) >= 11 is 2.22. The first-order valence-electron chi connectivity index (χ1n) is 15.5. The summed E-state index contributed by atoms with van der Waals surface area (Å²) in [6.07, 6.45) is 1.37. The molecule has 2 aliphatic heterocycles. The second-order valence-corrected chi connectivity index (χ2v) is 15.8. The van der Waals surface area contributed by atoms with E-state index in [9.17, 15) is 27.6 Å². The van der Waals surface area contributed by atoms with E-state index >= 15 is 0 Å². The van der Waals surface area contributed by atoms with Crippen LogP contribution in [0.25, 0.3) is 5.57 Å². The molecule has 3 amide bonds. The zero-order valence-electron chi connectivity index (χ0n) is 27.9. The number of rotatable bonds is 11. The molecule has 2 aliphatic rings. The van der Waals surface area contributed by atoms with Crippen molar-refractivity contribution < 1.29 is 41.3 Å². The first-order valence-corrected chi connectivity index (χ1v) is 19.2. The van der Waals surface area contributed by atoms with Crippen molar-refractivity contribution in [2.75, 3.05) is 17.3 Å². The van der Waals surface area contributed by atoms with Gasteiger partial charge in [-0.1, -0.05) is 73.7 Å². The van der Waals surface area contributed by atoms with Crippen LogP contribution in [0.2, 0.25) is 0 Å². The minimum atomic E-state index is -4.09. The van der Waals surface area contributed by atoms with E-state index in [4.69, 9.17) is 13.7 Å². The average molecular weight is 741 g/mol. The number of β-lactam (4-membered cyclic amide) rings is 1. The summed E-state index contributed by atoms with van der Waals surface area (Å²) in [4.78, 5) is 58.9. The first-order chi connectivity index (χ1) is 23.6. The van der Waals surface area contributed by atoms with Crippen molar-refractivity contribution in [2.24, 2.45) is 0 Å². The fraction of sp³-hybridized carbons (Fsp3) is 0.324. The standard InChI is InChI=1S/C34H36N4O9S3/c1-6-13-22(23-18-49-32(35-23)37-33(42)46-34(2,3)4)28(39)36-25-29(40)38-26(24(19-48-30(25)38)47-50(5,43)44)31(41)45-27(20-14-9-7-10-15-20)21-16-11-8-12-17-21/h7-18,25,27,30H,6,19H2,1-5H3,(H,36,39)(H,35,37,42)/t25-,30+/m1/s1. The Labute approximate surface area is 298 Å². The Morgan fingerprint density at radius 2 is 1.68 bits per heavy atom. The van der Waals surface area contributed by atoms with E-state index in [1.54, 1.807) is 80.8 Å². The number of amides is 3. The second-order valence-electron chi connectivity index (χ2n) is 12.2. The van der Waals surface area contributed by atoms with Gasteiger partial charge in [0.1, 0.15) is 17.0 Å². The Bertz CT molecular complexity index is 1900. The molecule has 1 saturated heterocycles. The number of aromatic nitrogens is 1. The highest BCUT2D eigenvalue weighted by molar-refractivity contribution is 8.00. The van der Waals surface area contributed by atoms with Crippen molar-refractivity contribution >= 4 is 67.8 Å². The molecule has 16 heteroatoms. The number of hydrogen-bond donors (Lipinski definition) is 2. The van der Waals surface area contributed by atoms with E-state index < -0.39 is 57.1 Å². The van der Waals surface area contributed by atoms with Crippen molar-refractivity contribution in [3.8, 4) is 0 Å². The topological polar surface area (TPSA) is 170 Å². The molecule has 0 unspecified atom stereocenters. The highest BCUT2D eigenvalue weighted by atomic mass is 32.2. The van der Waals surface area contributed by atoms with E-state index in [0.29, 0.717) is 17.5 Å². The van der Waals surface area contributed by atoms with Gasteiger partial charge in [0.05, 0.1) is 23.3 Å². The smallest absolute Gasteiger partial charge is 0.413 e. The molecule has 2 aromatic carbocycles. The average Bonchev–Trinajstić information content (AvgIpc) is 3.51. The molecule has 2 N–H and O–H groups in total. The molecule has 264 valence electrons. The highest BCUT2D eigenvalue weighted by Gasteiger charge is 2.56. The lowest BCUT2D eigenvalue weighted by molar-refractivity contribution is -0.154. The third kappa shape index (κ3) is 8.73. The van der Waals surface area contributed by atoms with Gasteiger partial charge in [-0.3, -0.25) is 19.8 Å². The number of fused-ring (bicyclic) bond motifs is 1. The van der Waals surface area contributed by atoms with E-state index in [1.165, 1.54) is 0 Å². The number of nitrogens with one attached hydrogen (secondary N) is 2. The van der Waals surface area contributed by atoms with Crippen LogP contribution in [0.1, 0.15) is 57.0 Å². The molecule has 3 heterocycles. The van der Waals surface area contributed by atoms with Crippen LogP contribution in [0.3, 0.4) is 0 Å². The number of anilines is 1. The number of ether oxygens (including phenoxy) is 2. The molecular formula is C34H36N4O9S3. The minimum Gasteiger partial charge on any atom is -0.448 e. The van der Waals surface area contributed by atoms with Crippen LogP contribution in [0.5, 0.6) is 0 Å². The van der Waals surface area contributed by atoms with Crippen LogP contribution < -0.4 is 10.6 Å². The Morgan fingerprint density at radius 3 is 2.24 bits per heavy atom. The number of carbonyl (C=O) groups excluding carboxylic acids is 4. The lowest BCUT2D eigenvalue weighted by Gasteiger charge is -2.49. The fourth-order valence-electron chi connectivity index (χ4n) is 5.16. The van der Waals surface area contributed by atoms with E-state index in [1.807, 2.05) is 19.1 Å². The van der Waals surface area contributed by atoms with E-state index in [2.05, 4.69) is 15.6 Å². The number of hydrogen-bond acceptors (Lipinski definition) is 12. The van der Waals surface area contributed by atoms with Gasteiger partial charge in [0, 0.05) is 5.38 Å². The van der Waals surface area contributed by atoms with Gasteiger partial charge in [0.2, 0.25) is 0 Å². The summed E-state index contributed by atoms with van der Waals surface area (Å²) in [6, 6.07) is 16.9. The molecule has 0 aliphatic carbocycles. The molecule has 5 rings (SSSR count). The summed E-state index contributed by atoms with van der Waals surface area (Å²) in [5.74, 6) is -2.57. The Morgan fingerprint density at radius 1 is 1.06 bits per heavy atom. The van der Waals surface area contributed by atoms with Crippen molar-refractivity contribution in [1.82, 2.24) is 15.2 Å². The van der Waals surface area contributed by atoms with Crippen LogP contribution in [0.15, 0.2) is 83.6 Å². The molecule has 0 radical (unpaired) electrons. The molecular weight excluding hydrogens is 705 g/mol. The first kappa shape index (κ1) is 36.6. The highest BCUT2D eigenvalue weighted by Crippen LogP contribution is 2.42. The summed E-state index contributed by atoms with van der Waals surface area (Å²) in [5, 5.41) is 6.34. The third-order valence-electron chi connectivity index (χ3n) is 7.14. The predicted molar refractivity (Wildman–Crippen MR) is 189 cm³/mol. The van der Waals surface area contributed by atoms with Crippen LogP contribution in [-0.4, -0.2) is 71.2 Å². The molecule has 13 nitrogen and oxygen atoms in total. The molecule has 3 aromatic rings. The maximum absolute atomic E-state index is 13.9. The minimum absolute atomic E-state index is 0.0941. The van der Waals surface area contributed by atoms with Gasteiger partial charge in [0.25, 0.3) is 11.8 Å². The van der Waals surface area contributed by atoms with Gasteiger partial charge >= 0.3 is 22.2 Å². The fourth-order valence-corrected chi connectivity index (χ4v) is 7.68. The van der Waals surface area contributed by atoms with Gasteiger partial charge in [-0.25, -0.2) is 14.6 Å². The molecule has 0 bridgehead atoms. The number of carbonyl (C=O) groups is 4. The van der Waals surface area contributed by atoms with Gasteiger partial charge in [0.15, 0.2) is 22.7 Å². The van der Waals surface area contributed by atoms with Crippen LogP contribution in [0, 0.1) is 0 Å². The summed E-state index contributed by atoms with van der Waals surface area (Å²) in [6.45, 7) is 7.02. The molecule has 1 aromatic heterocycles. The number of benzene rings is 2. The number of esters is 1. The number of thioether (sulfide) groups is 1. The maximum Gasteiger partial charge on any atom is 0.413 e. The van der Waals surface area contributed by atoms with Crippen LogP contribution >= 0.6 is 23.1 Å². The maximum atomic E-state index is 13.9. The van der Waals surface area contributed by atoms with Crippen molar-refractivity contribution in [2.45, 2.75) is 57.2 Å². The monoisotopic (exact) mass is 740 g/mol. The summed E-state index contributed by atoms with van der Waals surface area (Å²) in [5.41, 5.74) is 0.697. The molecule has 1 fully saturated rings. The Balaban J connectivity index is 1.37. The second kappa shape index (κ2) is 15.1. The Hall–Kier alpha value is -4.67. The van der Waals surface area contributed by atoms with Gasteiger partial charge in [-0.2, -0.15) is 8.42 Å². The van der Waals surface area contributed by atoms with Crippen LogP contribution in [0.4, 0.5) is 9.93 Å². The van der Waals surface area contributed by atoms with E-state index in [-0.39, 0.29) is 33.6 Å². The normalized spacial score (nSPS) is 17.8. The zero-order chi connectivity index (χ0) is 36.2. The molecule has 0 saturated carbocycles. The Kier molecular flexibility index (Phi) is 11.0. The number of thiazole rings is 1. The summed E-state index contributed by atoms with van der Waals surface area (Å²) < 4.78 is 40.9. The number of nitrogens with zero attached hydrogens (tertiary/aromatic N) is 2. The van der Waals surface area contributed by atoms with Crippen LogP contribution in [-0.2, 0) is 38.2 Å². The summed E-state index contributed by atoms with van der Waals surface area (Å²) in [7, 11) is -4.09. The van der Waals surface area contributed by atoms with Gasteiger partial charge in [-0.15, -0.1) is 23.1 Å². The van der Waals surface area contributed by atoms with E-state index in [0.717, 1.165) is 34.3 Å². The van der Waals surface area contributed by atoms with Crippen molar-refractivity contribution in [3.05, 3.63) is 100 Å².